The van der Waals surface area contributed by atoms with E-state index in [-0.39, 0.29) is 19.1 Å². The van der Waals surface area contributed by atoms with E-state index in [1.165, 1.54) is 11.1 Å². The zero-order chi connectivity index (χ0) is 20.6. The number of carbonyl (C=O) groups excluding carboxylic acids is 1. The zero-order valence-electron chi connectivity index (χ0n) is 15.3. The molecule has 7 nitrogen and oxygen atoms in total. The van der Waals surface area contributed by atoms with Gasteiger partial charge in [-0.15, -0.1) is 0 Å². The minimum Gasteiger partial charge on any atom is -0.345 e. The van der Waals surface area contributed by atoms with Crippen LogP contribution in [0.5, 0.6) is 0 Å². The van der Waals surface area contributed by atoms with Crippen molar-refractivity contribution in [3.63, 3.8) is 0 Å². The van der Waals surface area contributed by atoms with Crippen LogP contribution in [0, 0.1) is 0 Å². The summed E-state index contributed by atoms with van der Waals surface area (Å²) in [6.07, 6.45) is 3.33. The van der Waals surface area contributed by atoms with E-state index in [1.54, 1.807) is 34.2 Å². The normalized spacial score (nSPS) is 22.8. The topological polar surface area (TPSA) is 66.1 Å². The van der Waals surface area contributed by atoms with Crippen LogP contribution < -0.4 is 0 Å². The number of hydrogen-bond donors (Lipinski definition) is 0. The minimum atomic E-state index is -4.56. The SMILES string of the molecule is O=C(CC(F)(F)F)N1CCC[C@@H](N2C=C(F)C=NC2c2cnn3ccncc23)C1. The molecule has 0 spiro atoms. The molecule has 0 radical (unpaired) electrons. The molecule has 0 aliphatic carbocycles. The van der Waals surface area contributed by atoms with Crippen molar-refractivity contribution in [1.82, 2.24) is 24.4 Å². The van der Waals surface area contributed by atoms with Gasteiger partial charge in [0.05, 0.1) is 24.1 Å². The second kappa shape index (κ2) is 7.45. The van der Waals surface area contributed by atoms with Gasteiger partial charge >= 0.3 is 6.18 Å². The summed E-state index contributed by atoms with van der Waals surface area (Å²) in [5.41, 5.74) is 1.38. The highest BCUT2D eigenvalue weighted by atomic mass is 19.4. The van der Waals surface area contributed by atoms with E-state index in [0.29, 0.717) is 23.9 Å². The summed E-state index contributed by atoms with van der Waals surface area (Å²) >= 11 is 0. The molecule has 0 saturated carbocycles. The van der Waals surface area contributed by atoms with Crippen LogP contribution in [0.15, 0.2) is 41.8 Å². The van der Waals surface area contributed by atoms with E-state index in [9.17, 15) is 22.4 Å². The molecule has 2 aromatic heterocycles. The van der Waals surface area contributed by atoms with Crippen LogP contribution >= 0.6 is 0 Å². The van der Waals surface area contributed by atoms with E-state index in [2.05, 4.69) is 15.1 Å². The fourth-order valence-corrected chi connectivity index (χ4v) is 3.77. The number of alkyl halides is 3. The monoisotopic (exact) mass is 410 g/mol. The molecule has 2 aromatic rings. The maximum atomic E-state index is 14.0. The van der Waals surface area contributed by atoms with Gasteiger partial charge in [-0.05, 0) is 12.8 Å². The van der Waals surface area contributed by atoms with E-state index in [0.717, 1.165) is 6.21 Å². The Labute approximate surface area is 163 Å². The van der Waals surface area contributed by atoms with Gasteiger partial charge in [0.1, 0.15) is 6.42 Å². The number of piperidine rings is 1. The molecule has 0 bridgehead atoms. The summed E-state index contributed by atoms with van der Waals surface area (Å²) in [7, 11) is 0. The van der Waals surface area contributed by atoms with E-state index < -0.39 is 30.5 Å². The maximum absolute atomic E-state index is 14.0. The molecule has 0 aromatic carbocycles. The molecule has 1 amide bonds. The lowest BCUT2D eigenvalue weighted by atomic mass is 10.0. The third-order valence-electron chi connectivity index (χ3n) is 5.05. The first-order chi connectivity index (χ1) is 13.8. The molecular formula is C18H18F4N6O. The Morgan fingerprint density at radius 2 is 2.10 bits per heavy atom. The standard InChI is InChI=1S/C18H18F4N6O/c19-12-7-24-17(14-8-25-28-5-3-23-9-15(14)28)27(10-12)13-2-1-4-26(11-13)16(29)6-18(20,21)22/h3,5,7-10,13,17H,1-2,4,6,11H2/t13-,17?/m1/s1. The molecule has 2 atom stereocenters. The molecule has 2 aliphatic heterocycles. The van der Waals surface area contributed by atoms with Gasteiger partial charge in [0.25, 0.3) is 0 Å². The molecule has 1 fully saturated rings. The van der Waals surface area contributed by atoms with Gasteiger partial charge in [-0.1, -0.05) is 0 Å². The van der Waals surface area contributed by atoms with Crippen molar-refractivity contribution in [2.45, 2.75) is 37.6 Å². The summed E-state index contributed by atoms with van der Waals surface area (Å²) in [6, 6.07) is -0.374. The number of rotatable bonds is 3. The predicted octanol–water partition coefficient (Wildman–Crippen LogP) is 2.87. The molecule has 154 valence electrons. The first kappa shape index (κ1) is 19.3. The van der Waals surface area contributed by atoms with E-state index in [4.69, 9.17) is 0 Å². The van der Waals surface area contributed by atoms with Crippen LogP contribution in [0.3, 0.4) is 0 Å². The van der Waals surface area contributed by atoms with Crippen LogP contribution in [0.1, 0.15) is 31.0 Å². The molecule has 4 heterocycles. The minimum absolute atomic E-state index is 0.0716. The molecule has 29 heavy (non-hydrogen) atoms. The van der Waals surface area contributed by atoms with Crippen molar-refractivity contribution in [1.29, 1.82) is 0 Å². The molecular weight excluding hydrogens is 392 g/mol. The van der Waals surface area contributed by atoms with Crippen molar-refractivity contribution in [3.05, 3.63) is 42.4 Å². The van der Waals surface area contributed by atoms with Crippen LogP contribution in [0.25, 0.3) is 5.52 Å². The molecule has 1 saturated heterocycles. The average molecular weight is 410 g/mol. The first-order valence-electron chi connectivity index (χ1n) is 9.11. The molecule has 1 unspecified atom stereocenters. The Bertz CT molecular complexity index is 969. The van der Waals surface area contributed by atoms with Crippen LogP contribution in [-0.2, 0) is 4.79 Å². The van der Waals surface area contributed by atoms with Crippen molar-refractivity contribution in [2.24, 2.45) is 4.99 Å². The fourth-order valence-electron chi connectivity index (χ4n) is 3.77. The van der Waals surface area contributed by atoms with Crippen molar-refractivity contribution in [3.8, 4) is 0 Å². The highest BCUT2D eigenvalue weighted by Crippen LogP contribution is 2.34. The smallest absolute Gasteiger partial charge is 0.345 e. The van der Waals surface area contributed by atoms with Crippen molar-refractivity contribution >= 4 is 17.6 Å². The highest BCUT2D eigenvalue weighted by Gasteiger charge is 2.37. The second-order valence-corrected chi connectivity index (χ2v) is 7.05. The average Bonchev–Trinajstić information content (AvgIpc) is 3.11. The lowest BCUT2D eigenvalue weighted by molar-refractivity contribution is -0.162. The number of halogens is 4. The van der Waals surface area contributed by atoms with Crippen LogP contribution in [-0.4, -0.2) is 61.8 Å². The van der Waals surface area contributed by atoms with Crippen LogP contribution in [0.2, 0.25) is 0 Å². The lowest BCUT2D eigenvalue weighted by Crippen LogP contribution is -2.50. The third-order valence-corrected chi connectivity index (χ3v) is 5.05. The number of hydrogen-bond acceptors (Lipinski definition) is 5. The number of likely N-dealkylation sites (tertiary alicyclic amines) is 1. The van der Waals surface area contributed by atoms with Gasteiger partial charge in [-0.25, -0.2) is 8.91 Å². The quantitative estimate of drug-likeness (QED) is 0.730. The van der Waals surface area contributed by atoms with Gasteiger partial charge < -0.3 is 9.80 Å². The molecule has 4 rings (SSSR count). The first-order valence-corrected chi connectivity index (χ1v) is 9.11. The van der Waals surface area contributed by atoms with Gasteiger partial charge in [-0.2, -0.15) is 18.3 Å². The largest absolute Gasteiger partial charge is 0.397 e. The van der Waals surface area contributed by atoms with Crippen LogP contribution in [0.4, 0.5) is 17.6 Å². The molecule has 0 N–H and O–H groups in total. The van der Waals surface area contributed by atoms with E-state index >= 15 is 0 Å². The maximum Gasteiger partial charge on any atom is 0.397 e. The Morgan fingerprint density at radius 1 is 1.28 bits per heavy atom. The van der Waals surface area contributed by atoms with Gasteiger partial charge in [-0.3, -0.25) is 14.8 Å². The number of carbonyl (C=O) groups is 1. The van der Waals surface area contributed by atoms with Gasteiger partial charge in [0.2, 0.25) is 5.91 Å². The second-order valence-electron chi connectivity index (χ2n) is 7.05. The number of fused-ring (bicyclic) bond motifs is 1. The van der Waals surface area contributed by atoms with Gasteiger partial charge in [0.15, 0.2) is 12.0 Å². The number of amides is 1. The predicted molar refractivity (Wildman–Crippen MR) is 95.5 cm³/mol. The zero-order valence-corrected chi connectivity index (χ0v) is 15.3. The Balaban J connectivity index is 1.59. The third kappa shape index (κ3) is 4.08. The fraction of sp³-hybridized carbons (Fsp3) is 0.444. The summed E-state index contributed by atoms with van der Waals surface area (Å²) in [6.45, 7) is 0.322. The Kier molecular flexibility index (Phi) is 4.97. The number of allylic oxidation sites excluding steroid dienone is 1. The molecule has 11 heteroatoms. The lowest BCUT2D eigenvalue weighted by Gasteiger charge is -2.42. The summed E-state index contributed by atoms with van der Waals surface area (Å²) < 4.78 is 53.4. The number of nitrogens with zero attached hydrogens (tertiary/aromatic N) is 6. The summed E-state index contributed by atoms with van der Waals surface area (Å²) in [4.78, 5) is 23.3. The van der Waals surface area contributed by atoms with Crippen molar-refractivity contribution in [2.75, 3.05) is 13.1 Å². The summed E-state index contributed by atoms with van der Waals surface area (Å²) in [5.74, 6) is -1.53. The number of aliphatic imine (C=N–C) groups is 1. The van der Waals surface area contributed by atoms with Gasteiger partial charge in [0, 0.05) is 43.3 Å². The highest BCUT2D eigenvalue weighted by molar-refractivity contribution is 5.77. The molecule has 2 aliphatic rings. The van der Waals surface area contributed by atoms with E-state index in [1.807, 2.05) is 0 Å². The van der Waals surface area contributed by atoms with Crippen molar-refractivity contribution < 1.29 is 22.4 Å². The Morgan fingerprint density at radius 3 is 2.90 bits per heavy atom. The Hall–Kier alpha value is -2.98. The summed E-state index contributed by atoms with van der Waals surface area (Å²) in [5, 5.41) is 4.25. The number of aromatic nitrogens is 3.